The standard InChI is InChI=1S/C17H28IN3/c1-5-10-19-16-14(18)15(12-8-6-7-9-12)20-13(21-16)11-17(2,3)4/h12H,5-11H2,1-4H3,(H,19,20,21). The second kappa shape index (κ2) is 7.25. The number of anilines is 1. The Morgan fingerprint density at radius 1 is 1.19 bits per heavy atom. The molecule has 1 N–H and O–H groups in total. The van der Waals surface area contributed by atoms with Gasteiger partial charge < -0.3 is 5.32 Å². The second-order valence-corrected chi connectivity index (χ2v) is 8.41. The number of hydrogen-bond acceptors (Lipinski definition) is 3. The molecular weight excluding hydrogens is 373 g/mol. The summed E-state index contributed by atoms with van der Waals surface area (Å²) in [7, 11) is 0. The van der Waals surface area contributed by atoms with Crippen molar-refractivity contribution in [1.29, 1.82) is 0 Å². The minimum Gasteiger partial charge on any atom is -0.369 e. The highest BCUT2D eigenvalue weighted by atomic mass is 127. The highest BCUT2D eigenvalue weighted by Gasteiger charge is 2.25. The van der Waals surface area contributed by atoms with Crippen molar-refractivity contribution in [2.24, 2.45) is 5.41 Å². The normalized spacial score (nSPS) is 16.4. The molecule has 0 spiro atoms. The summed E-state index contributed by atoms with van der Waals surface area (Å²) in [5.74, 6) is 2.69. The van der Waals surface area contributed by atoms with Crippen molar-refractivity contribution in [3.63, 3.8) is 0 Å². The summed E-state index contributed by atoms with van der Waals surface area (Å²) in [6.07, 6.45) is 7.32. The quantitative estimate of drug-likeness (QED) is 0.694. The lowest BCUT2D eigenvalue weighted by Crippen LogP contribution is -2.17. The van der Waals surface area contributed by atoms with E-state index < -0.39 is 0 Å². The Balaban J connectivity index is 2.34. The third kappa shape index (κ3) is 4.80. The van der Waals surface area contributed by atoms with Gasteiger partial charge in [0.2, 0.25) is 0 Å². The van der Waals surface area contributed by atoms with Gasteiger partial charge in [0, 0.05) is 18.9 Å². The molecule has 3 nitrogen and oxygen atoms in total. The zero-order valence-corrected chi connectivity index (χ0v) is 16.0. The highest BCUT2D eigenvalue weighted by molar-refractivity contribution is 14.1. The average Bonchev–Trinajstić information content (AvgIpc) is 2.91. The third-order valence-corrected chi connectivity index (χ3v) is 4.96. The van der Waals surface area contributed by atoms with Gasteiger partial charge >= 0.3 is 0 Å². The number of hydrogen-bond donors (Lipinski definition) is 1. The van der Waals surface area contributed by atoms with Crippen LogP contribution in [0, 0.1) is 8.99 Å². The van der Waals surface area contributed by atoms with Crippen LogP contribution >= 0.6 is 22.6 Å². The summed E-state index contributed by atoms with van der Waals surface area (Å²) in [6.45, 7) is 9.93. The van der Waals surface area contributed by atoms with Gasteiger partial charge in [-0.25, -0.2) is 9.97 Å². The maximum atomic E-state index is 4.95. The average molecular weight is 401 g/mol. The summed E-state index contributed by atoms with van der Waals surface area (Å²) in [5.41, 5.74) is 1.52. The second-order valence-electron chi connectivity index (χ2n) is 7.33. The van der Waals surface area contributed by atoms with Crippen LogP contribution in [0.5, 0.6) is 0 Å². The van der Waals surface area contributed by atoms with E-state index in [0.29, 0.717) is 5.92 Å². The molecule has 1 saturated carbocycles. The van der Waals surface area contributed by atoms with E-state index in [1.54, 1.807) is 0 Å². The van der Waals surface area contributed by atoms with E-state index in [1.807, 2.05) is 0 Å². The van der Waals surface area contributed by atoms with Gasteiger partial charge in [0.05, 0.1) is 9.26 Å². The molecule has 0 saturated heterocycles. The third-order valence-electron chi connectivity index (χ3n) is 3.90. The Hall–Kier alpha value is -0.390. The monoisotopic (exact) mass is 401 g/mol. The maximum absolute atomic E-state index is 4.95. The molecule has 1 fully saturated rings. The lowest BCUT2D eigenvalue weighted by Gasteiger charge is -2.20. The van der Waals surface area contributed by atoms with Crippen molar-refractivity contribution in [3.8, 4) is 0 Å². The largest absolute Gasteiger partial charge is 0.369 e. The molecule has 0 atom stereocenters. The predicted molar refractivity (Wildman–Crippen MR) is 97.9 cm³/mol. The van der Waals surface area contributed by atoms with E-state index in [-0.39, 0.29) is 5.41 Å². The highest BCUT2D eigenvalue weighted by Crippen LogP contribution is 2.37. The van der Waals surface area contributed by atoms with E-state index in [0.717, 1.165) is 31.0 Å². The first-order chi connectivity index (χ1) is 9.90. The zero-order valence-electron chi connectivity index (χ0n) is 13.8. The molecule has 4 heteroatoms. The molecule has 0 bridgehead atoms. The van der Waals surface area contributed by atoms with E-state index in [4.69, 9.17) is 9.97 Å². The topological polar surface area (TPSA) is 37.8 Å². The molecule has 21 heavy (non-hydrogen) atoms. The van der Waals surface area contributed by atoms with Crippen LogP contribution in [-0.4, -0.2) is 16.5 Å². The fourth-order valence-corrected chi connectivity index (χ4v) is 3.77. The summed E-state index contributed by atoms with van der Waals surface area (Å²) in [5, 5.41) is 3.49. The fraction of sp³-hybridized carbons (Fsp3) is 0.765. The summed E-state index contributed by atoms with van der Waals surface area (Å²) in [4.78, 5) is 9.75. The maximum Gasteiger partial charge on any atom is 0.143 e. The molecule has 0 amide bonds. The van der Waals surface area contributed by atoms with Gasteiger partial charge in [-0.05, 0) is 47.3 Å². The Morgan fingerprint density at radius 3 is 2.43 bits per heavy atom. The molecular formula is C17H28IN3. The van der Waals surface area contributed by atoms with Crippen LogP contribution in [0.15, 0.2) is 0 Å². The molecule has 1 aromatic rings. The van der Waals surface area contributed by atoms with Gasteiger partial charge in [0.1, 0.15) is 11.6 Å². The van der Waals surface area contributed by atoms with Crippen molar-refractivity contribution >= 4 is 28.4 Å². The number of halogens is 1. The lowest BCUT2D eigenvalue weighted by molar-refractivity contribution is 0.399. The van der Waals surface area contributed by atoms with Crippen molar-refractivity contribution in [2.75, 3.05) is 11.9 Å². The van der Waals surface area contributed by atoms with Gasteiger partial charge in [0.15, 0.2) is 0 Å². The van der Waals surface area contributed by atoms with E-state index in [1.165, 1.54) is 34.9 Å². The Morgan fingerprint density at radius 2 is 1.86 bits per heavy atom. The van der Waals surface area contributed by atoms with Gasteiger partial charge in [-0.1, -0.05) is 40.5 Å². The van der Waals surface area contributed by atoms with E-state index in [9.17, 15) is 0 Å². The van der Waals surface area contributed by atoms with E-state index >= 15 is 0 Å². The molecule has 1 aromatic heterocycles. The van der Waals surface area contributed by atoms with Gasteiger partial charge in [-0.3, -0.25) is 0 Å². The first-order valence-corrected chi connectivity index (χ1v) is 9.29. The molecule has 1 aliphatic rings. The molecule has 0 radical (unpaired) electrons. The summed E-state index contributed by atoms with van der Waals surface area (Å²) >= 11 is 2.44. The smallest absolute Gasteiger partial charge is 0.143 e. The van der Waals surface area contributed by atoms with Crippen LogP contribution in [0.4, 0.5) is 5.82 Å². The Labute approximate surface area is 142 Å². The first-order valence-electron chi connectivity index (χ1n) is 8.21. The Bertz CT molecular complexity index is 474. The lowest BCUT2D eigenvalue weighted by atomic mass is 9.91. The molecule has 1 aliphatic carbocycles. The van der Waals surface area contributed by atoms with Gasteiger partial charge in [-0.15, -0.1) is 0 Å². The van der Waals surface area contributed by atoms with Crippen molar-refractivity contribution in [2.45, 2.75) is 72.1 Å². The van der Waals surface area contributed by atoms with Crippen LogP contribution in [0.3, 0.4) is 0 Å². The number of rotatable bonds is 5. The van der Waals surface area contributed by atoms with Gasteiger partial charge in [-0.2, -0.15) is 0 Å². The van der Waals surface area contributed by atoms with Crippen LogP contribution < -0.4 is 5.32 Å². The molecule has 1 heterocycles. The summed E-state index contributed by atoms with van der Waals surface area (Å²) in [6, 6.07) is 0. The number of nitrogens with one attached hydrogen (secondary N) is 1. The van der Waals surface area contributed by atoms with E-state index in [2.05, 4.69) is 55.6 Å². The zero-order chi connectivity index (χ0) is 15.5. The SMILES string of the molecule is CCCNc1nc(CC(C)(C)C)nc(C2CCCC2)c1I. The molecule has 118 valence electrons. The van der Waals surface area contributed by atoms with Crippen LogP contribution in [0.2, 0.25) is 0 Å². The molecule has 0 aliphatic heterocycles. The van der Waals surface area contributed by atoms with Crippen molar-refractivity contribution in [3.05, 3.63) is 15.1 Å². The first kappa shape index (κ1) is 17.0. The predicted octanol–water partition coefficient (Wildman–Crippen LogP) is 5.15. The van der Waals surface area contributed by atoms with Crippen LogP contribution in [-0.2, 0) is 6.42 Å². The van der Waals surface area contributed by atoms with Crippen molar-refractivity contribution < 1.29 is 0 Å². The number of aromatic nitrogens is 2. The van der Waals surface area contributed by atoms with Crippen LogP contribution in [0.25, 0.3) is 0 Å². The molecule has 0 aromatic carbocycles. The minimum absolute atomic E-state index is 0.224. The summed E-state index contributed by atoms with van der Waals surface area (Å²) < 4.78 is 1.24. The fourth-order valence-electron chi connectivity index (χ4n) is 2.90. The van der Waals surface area contributed by atoms with Gasteiger partial charge in [0.25, 0.3) is 0 Å². The Kier molecular flexibility index (Phi) is 5.86. The minimum atomic E-state index is 0.224. The molecule has 2 rings (SSSR count). The molecule has 0 unspecified atom stereocenters. The van der Waals surface area contributed by atoms with Crippen LogP contribution in [0.1, 0.15) is 77.2 Å². The van der Waals surface area contributed by atoms with Crippen molar-refractivity contribution in [1.82, 2.24) is 9.97 Å². The number of nitrogens with zero attached hydrogens (tertiary/aromatic N) is 2.